The van der Waals surface area contributed by atoms with E-state index in [9.17, 15) is 13.2 Å². The second-order valence-electron chi connectivity index (χ2n) is 7.30. The molecule has 2 aromatic carbocycles. The van der Waals surface area contributed by atoms with E-state index in [4.69, 9.17) is 11.6 Å². The zero-order chi connectivity index (χ0) is 21.7. The molecule has 0 aliphatic carbocycles. The summed E-state index contributed by atoms with van der Waals surface area (Å²) >= 11 is 6.23. The Morgan fingerprint density at radius 3 is 2.33 bits per heavy atom. The van der Waals surface area contributed by atoms with Gasteiger partial charge < -0.3 is 10.2 Å². The molecular formula is C22H28ClN3O3S. The van der Waals surface area contributed by atoms with Crippen LogP contribution < -0.4 is 10.2 Å². The van der Waals surface area contributed by atoms with Gasteiger partial charge in [-0.15, -0.1) is 0 Å². The molecule has 1 aliphatic heterocycles. The maximum absolute atomic E-state index is 12.9. The average molecular weight is 450 g/mol. The third-order valence-corrected chi connectivity index (χ3v) is 7.85. The summed E-state index contributed by atoms with van der Waals surface area (Å²) in [6.45, 7) is 5.99. The molecule has 1 fully saturated rings. The predicted molar refractivity (Wildman–Crippen MR) is 121 cm³/mol. The van der Waals surface area contributed by atoms with Crippen LogP contribution >= 0.6 is 11.6 Å². The first-order chi connectivity index (χ1) is 14.4. The Kier molecular flexibility index (Phi) is 7.39. The fraction of sp³-hybridized carbons (Fsp3) is 0.409. The van der Waals surface area contributed by atoms with Gasteiger partial charge in [0, 0.05) is 37.9 Å². The molecule has 2 aromatic rings. The zero-order valence-electron chi connectivity index (χ0n) is 17.3. The molecule has 6 nitrogen and oxygen atoms in total. The number of piperidine rings is 1. The molecule has 1 saturated heterocycles. The number of rotatable bonds is 7. The summed E-state index contributed by atoms with van der Waals surface area (Å²) in [6, 6.07) is 14.5. The van der Waals surface area contributed by atoms with Crippen LogP contribution in [0.1, 0.15) is 37.0 Å². The molecule has 0 bridgehead atoms. The zero-order valence-corrected chi connectivity index (χ0v) is 18.9. The van der Waals surface area contributed by atoms with Crippen LogP contribution in [0.4, 0.5) is 5.69 Å². The lowest BCUT2D eigenvalue weighted by molar-refractivity contribution is 0.0931. The number of amides is 1. The van der Waals surface area contributed by atoms with Gasteiger partial charge in [0.25, 0.3) is 5.91 Å². The van der Waals surface area contributed by atoms with E-state index >= 15 is 0 Å². The van der Waals surface area contributed by atoms with Crippen molar-refractivity contribution in [2.75, 3.05) is 31.1 Å². The average Bonchev–Trinajstić information content (AvgIpc) is 2.75. The van der Waals surface area contributed by atoms with Crippen molar-refractivity contribution < 1.29 is 13.2 Å². The summed E-state index contributed by atoms with van der Waals surface area (Å²) in [7, 11) is -3.66. The Morgan fingerprint density at radius 1 is 1.10 bits per heavy atom. The lowest BCUT2D eigenvalue weighted by Crippen LogP contribution is -2.44. The molecule has 8 heteroatoms. The van der Waals surface area contributed by atoms with E-state index in [2.05, 4.69) is 22.3 Å². The van der Waals surface area contributed by atoms with Crippen molar-refractivity contribution in [3.63, 3.8) is 0 Å². The van der Waals surface area contributed by atoms with Crippen LogP contribution in [0.25, 0.3) is 0 Å². The minimum atomic E-state index is -3.66. The first-order valence-corrected chi connectivity index (χ1v) is 12.1. The molecule has 0 atom stereocenters. The van der Waals surface area contributed by atoms with Gasteiger partial charge in [-0.3, -0.25) is 4.79 Å². The molecule has 1 heterocycles. The van der Waals surface area contributed by atoms with Gasteiger partial charge >= 0.3 is 0 Å². The van der Waals surface area contributed by atoms with Crippen molar-refractivity contribution >= 4 is 33.2 Å². The number of carbonyl (C=O) groups is 1. The van der Waals surface area contributed by atoms with Gasteiger partial charge in [0.15, 0.2) is 0 Å². The van der Waals surface area contributed by atoms with Gasteiger partial charge in [-0.1, -0.05) is 43.6 Å². The number of anilines is 1. The first-order valence-electron chi connectivity index (χ1n) is 10.3. The number of hydrogen-bond acceptors (Lipinski definition) is 4. The second kappa shape index (κ2) is 9.81. The third-order valence-electron chi connectivity index (χ3n) is 5.48. The maximum atomic E-state index is 12.9. The van der Waals surface area contributed by atoms with E-state index < -0.39 is 10.0 Å². The summed E-state index contributed by atoms with van der Waals surface area (Å²) < 4.78 is 26.9. The maximum Gasteiger partial charge on any atom is 0.253 e. The number of halogens is 1. The van der Waals surface area contributed by atoms with Crippen molar-refractivity contribution in [1.82, 2.24) is 9.62 Å². The van der Waals surface area contributed by atoms with E-state index in [1.807, 2.05) is 18.2 Å². The number of nitrogens with one attached hydrogen (secondary N) is 1. The quantitative estimate of drug-likeness (QED) is 0.698. The highest BCUT2D eigenvalue weighted by atomic mass is 35.5. The smallest absolute Gasteiger partial charge is 0.253 e. The standard InChI is InChI=1S/C22H28ClN3O3S/c1-3-26(4-2)30(28,29)19-10-11-21(23)20(16-19)22(27)24-17-12-14-25(15-13-17)18-8-6-5-7-9-18/h5-11,16-17H,3-4,12-15H2,1-2H3,(H,24,27). The van der Waals surface area contributed by atoms with Crippen LogP contribution in [-0.4, -0.2) is 50.9 Å². The lowest BCUT2D eigenvalue weighted by atomic mass is 10.0. The molecule has 162 valence electrons. The van der Waals surface area contributed by atoms with Crippen LogP contribution in [-0.2, 0) is 10.0 Å². The highest BCUT2D eigenvalue weighted by Crippen LogP contribution is 2.24. The number of benzene rings is 2. The first kappa shape index (κ1) is 22.6. The molecule has 0 unspecified atom stereocenters. The fourth-order valence-corrected chi connectivity index (χ4v) is 5.42. The highest BCUT2D eigenvalue weighted by Gasteiger charge is 2.26. The van der Waals surface area contributed by atoms with Crippen LogP contribution in [0, 0.1) is 0 Å². The van der Waals surface area contributed by atoms with Crippen molar-refractivity contribution in [3.8, 4) is 0 Å². The molecule has 1 amide bonds. The summed E-state index contributed by atoms with van der Waals surface area (Å²) in [5.74, 6) is -0.338. The van der Waals surface area contributed by atoms with Crippen molar-refractivity contribution in [2.45, 2.75) is 37.6 Å². The summed E-state index contributed by atoms with van der Waals surface area (Å²) in [4.78, 5) is 15.2. The molecule has 0 spiro atoms. The van der Waals surface area contributed by atoms with Gasteiger partial charge in [-0.2, -0.15) is 4.31 Å². The molecule has 30 heavy (non-hydrogen) atoms. The number of nitrogens with zero attached hydrogens (tertiary/aromatic N) is 2. The Hall–Kier alpha value is -2.09. The van der Waals surface area contributed by atoms with Crippen molar-refractivity contribution in [3.05, 3.63) is 59.1 Å². The number of hydrogen-bond donors (Lipinski definition) is 1. The van der Waals surface area contributed by atoms with Crippen LogP contribution in [0.15, 0.2) is 53.4 Å². The van der Waals surface area contributed by atoms with E-state index in [1.54, 1.807) is 13.8 Å². The molecular weight excluding hydrogens is 422 g/mol. The summed E-state index contributed by atoms with van der Waals surface area (Å²) in [6.07, 6.45) is 1.63. The van der Waals surface area contributed by atoms with Gasteiger partial charge in [0.1, 0.15) is 0 Å². The van der Waals surface area contributed by atoms with Crippen LogP contribution in [0.3, 0.4) is 0 Å². The molecule has 1 aliphatic rings. The monoisotopic (exact) mass is 449 g/mol. The summed E-state index contributed by atoms with van der Waals surface area (Å²) in [5, 5.41) is 3.27. The number of sulfonamides is 1. The second-order valence-corrected chi connectivity index (χ2v) is 9.65. The van der Waals surface area contributed by atoms with E-state index in [1.165, 1.54) is 28.2 Å². The largest absolute Gasteiger partial charge is 0.371 e. The molecule has 0 radical (unpaired) electrons. The number of carbonyl (C=O) groups excluding carboxylic acids is 1. The van der Waals surface area contributed by atoms with Crippen molar-refractivity contribution in [1.29, 1.82) is 0 Å². The molecule has 0 saturated carbocycles. The Morgan fingerprint density at radius 2 is 1.73 bits per heavy atom. The van der Waals surface area contributed by atoms with E-state index in [0.717, 1.165) is 25.9 Å². The topological polar surface area (TPSA) is 69.7 Å². The van der Waals surface area contributed by atoms with Gasteiger partial charge in [0.2, 0.25) is 10.0 Å². The van der Waals surface area contributed by atoms with Gasteiger partial charge in [0.05, 0.1) is 15.5 Å². The van der Waals surface area contributed by atoms with E-state index in [-0.39, 0.29) is 27.4 Å². The van der Waals surface area contributed by atoms with Gasteiger partial charge in [-0.25, -0.2) is 8.42 Å². The highest BCUT2D eigenvalue weighted by molar-refractivity contribution is 7.89. The van der Waals surface area contributed by atoms with E-state index in [0.29, 0.717) is 13.1 Å². The van der Waals surface area contributed by atoms with Crippen LogP contribution in [0.5, 0.6) is 0 Å². The SMILES string of the molecule is CCN(CC)S(=O)(=O)c1ccc(Cl)c(C(=O)NC2CCN(c3ccccc3)CC2)c1. The Labute approximate surface area is 183 Å². The molecule has 1 N–H and O–H groups in total. The van der Waals surface area contributed by atoms with Gasteiger partial charge in [-0.05, 0) is 43.2 Å². The number of para-hydroxylation sites is 1. The minimum Gasteiger partial charge on any atom is -0.371 e. The Balaban J connectivity index is 1.69. The normalized spacial score (nSPS) is 15.4. The predicted octanol–water partition coefficient (Wildman–Crippen LogP) is 3.77. The van der Waals surface area contributed by atoms with Crippen LogP contribution in [0.2, 0.25) is 5.02 Å². The summed E-state index contributed by atoms with van der Waals surface area (Å²) in [5.41, 5.74) is 1.37. The third kappa shape index (κ3) is 4.96. The Bertz CT molecular complexity index is 970. The lowest BCUT2D eigenvalue weighted by Gasteiger charge is -2.34. The minimum absolute atomic E-state index is 0.0246. The van der Waals surface area contributed by atoms with Crippen molar-refractivity contribution in [2.24, 2.45) is 0 Å². The molecule has 3 rings (SSSR count). The fourth-order valence-electron chi connectivity index (χ4n) is 3.74. The molecule has 0 aromatic heterocycles.